The van der Waals surface area contributed by atoms with Gasteiger partial charge in [-0.2, -0.15) is 0 Å². The van der Waals surface area contributed by atoms with Gasteiger partial charge in [-0.1, -0.05) is 29.8 Å². The maximum absolute atomic E-state index is 12.6. The van der Waals surface area contributed by atoms with E-state index < -0.39 is 0 Å². The van der Waals surface area contributed by atoms with Crippen LogP contribution in [-0.2, 0) is 0 Å². The Bertz CT molecular complexity index is 855. The van der Waals surface area contributed by atoms with Crippen molar-refractivity contribution in [3.63, 3.8) is 0 Å². The van der Waals surface area contributed by atoms with Crippen LogP contribution < -0.4 is 4.74 Å². The minimum Gasteiger partial charge on any atom is -0.492 e. The first kappa shape index (κ1) is 16.4. The highest BCUT2D eigenvalue weighted by atomic mass is 35.5. The van der Waals surface area contributed by atoms with Crippen LogP contribution in [0.25, 0.3) is 11.0 Å². The summed E-state index contributed by atoms with van der Waals surface area (Å²) in [6.45, 7) is 2.75. The van der Waals surface area contributed by atoms with Crippen molar-refractivity contribution in [3.8, 4) is 5.75 Å². The molecule has 0 atom stereocenters. The smallest absolute Gasteiger partial charge is 0.289 e. The van der Waals surface area contributed by atoms with E-state index in [0.29, 0.717) is 23.9 Å². The monoisotopic (exact) mass is 343 g/mol. The van der Waals surface area contributed by atoms with Crippen molar-refractivity contribution in [2.75, 3.05) is 20.2 Å². The van der Waals surface area contributed by atoms with Crippen molar-refractivity contribution in [1.29, 1.82) is 0 Å². The van der Waals surface area contributed by atoms with Crippen molar-refractivity contribution in [1.82, 2.24) is 4.90 Å². The Labute approximate surface area is 145 Å². The molecule has 0 saturated carbocycles. The van der Waals surface area contributed by atoms with Crippen molar-refractivity contribution in [3.05, 3.63) is 64.9 Å². The molecular formula is C19H18ClNO3. The SMILES string of the molecule is Cc1c(C(=O)N(C)CCOc2ccc(Cl)cc2)oc2ccccc12. The lowest BCUT2D eigenvalue weighted by molar-refractivity contribution is 0.0744. The average molecular weight is 344 g/mol. The van der Waals surface area contributed by atoms with Crippen LogP contribution in [0.15, 0.2) is 52.9 Å². The largest absolute Gasteiger partial charge is 0.492 e. The van der Waals surface area contributed by atoms with E-state index in [2.05, 4.69) is 0 Å². The summed E-state index contributed by atoms with van der Waals surface area (Å²) < 4.78 is 11.3. The molecule has 0 aliphatic carbocycles. The van der Waals surface area contributed by atoms with Gasteiger partial charge in [-0.05, 0) is 37.3 Å². The topological polar surface area (TPSA) is 42.7 Å². The summed E-state index contributed by atoms with van der Waals surface area (Å²) in [5.74, 6) is 0.953. The lowest BCUT2D eigenvalue weighted by atomic mass is 10.1. The van der Waals surface area contributed by atoms with Crippen molar-refractivity contribution in [2.45, 2.75) is 6.92 Å². The Morgan fingerprint density at radius 1 is 1.17 bits per heavy atom. The standard InChI is InChI=1S/C19H18ClNO3/c1-13-16-5-3-4-6-17(16)24-18(13)19(22)21(2)11-12-23-15-9-7-14(20)8-10-15/h3-10H,11-12H2,1-2H3. The molecule has 5 heteroatoms. The van der Waals surface area contributed by atoms with Crippen molar-refractivity contribution in [2.24, 2.45) is 0 Å². The molecule has 2 aromatic carbocycles. The third kappa shape index (κ3) is 3.39. The van der Waals surface area contributed by atoms with Gasteiger partial charge in [0.1, 0.15) is 17.9 Å². The van der Waals surface area contributed by atoms with Crippen LogP contribution in [0.5, 0.6) is 5.75 Å². The maximum Gasteiger partial charge on any atom is 0.289 e. The van der Waals surface area contributed by atoms with E-state index in [4.69, 9.17) is 20.8 Å². The lowest BCUT2D eigenvalue weighted by Gasteiger charge is -2.16. The molecule has 24 heavy (non-hydrogen) atoms. The third-order valence-corrected chi connectivity index (χ3v) is 4.15. The molecule has 0 spiro atoms. The first-order valence-corrected chi connectivity index (χ1v) is 8.06. The average Bonchev–Trinajstić information content (AvgIpc) is 2.93. The molecule has 124 valence electrons. The number of amides is 1. The maximum atomic E-state index is 12.6. The summed E-state index contributed by atoms with van der Waals surface area (Å²) in [7, 11) is 1.74. The highest BCUT2D eigenvalue weighted by Gasteiger charge is 2.20. The number of likely N-dealkylation sites (N-methyl/N-ethyl adjacent to an activating group) is 1. The van der Waals surface area contributed by atoms with Crippen LogP contribution in [-0.4, -0.2) is 31.0 Å². The van der Waals surface area contributed by atoms with Crippen LogP contribution >= 0.6 is 11.6 Å². The van der Waals surface area contributed by atoms with Crippen molar-refractivity contribution >= 4 is 28.5 Å². The van der Waals surface area contributed by atoms with Gasteiger partial charge in [-0.15, -0.1) is 0 Å². The zero-order valence-electron chi connectivity index (χ0n) is 13.6. The van der Waals surface area contributed by atoms with Gasteiger partial charge in [0.2, 0.25) is 0 Å². The Balaban J connectivity index is 1.63. The summed E-state index contributed by atoms with van der Waals surface area (Å²) in [6.07, 6.45) is 0. The van der Waals surface area contributed by atoms with Crippen LogP contribution in [0.3, 0.4) is 0 Å². The number of carbonyl (C=O) groups is 1. The number of aryl methyl sites for hydroxylation is 1. The second kappa shape index (κ2) is 6.97. The number of fused-ring (bicyclic) bond motifs is 1. The molecular weight excluding hydrogens is 326 g/mol. The van der Waals surface area contributed by atoms with Gasteiger partial charge in [0, 0.05) is 23.0 Å². The predicted octanol–water partition coefficient (Wildman–Crippen LogP) is 4.55. The van der Waals surface area contributed by atoms with Gasteiger partial charge in [0.05, 0.1) is 6.54 Å². The number of ether oxygens (including phenoxy) is 1. The van der Waals surface area contributed by atoms with E-state index in [-0.39, 0.29) is 5.91 Å². The van der Waals surface area contributed by atoms with E-state index in [1.54, 1.807) is 36.2 Å². The lowest BCUT2D eigenvalue weighted by Crippen LogP contribution is -2.31. The minimum absolute atomic E-state index is 0.150. The fourth-order valence-electron chi connectivity index (χ4n) is 2.48. The molecule has 0 fully saturated rings. The van der Waals surface area contributed by atoms with Gasteiger partial charge in [-0.25, -0.2) is 0 Å². The number of carbonyl (C=O) groups excluding carboxylic acids is 1. The van der Waals surface area contributed by atoms with Crippen LogP contribution in [0, 0.1) is 6.92 Å². The number of halogens is 1. The molecule has 0 saturated heterocycles. The zero-order chi connectivity index (χ0) is 17.1. The Kier molecular flexibility index (Phi) is 4.76. The Hall–Kier alpha value is -2.46. The summed E-state index contributed by atoms with van der Waals surface area (Å²) in [4.78, 5) is 14.2. The quantitative estimate of drug-likeness (QED) is 0.682. The molecule has 4 nitrogen and oxygen atoms in total. The predicted molar refractivity (Wildman–Crippen MR) is 94.9 cm³/mol. The summed E-state index contributed by atoms with van der Waals surface area (Å²) >= 11 is 5.83. The second-order valence-electron chi connectivity index (χ2n) is 5.58. The van der Waals surface area contributed by atoms with Crippen LogP contribution in [0.1, 0.15) is 16.1 Å². The number of benzene rings is 2. The number of furan rings is 1. The number of rotatable bonds is 5. The van der Waals surface area contributed by atoms with E-state index in [0.717, 1.165) is 22.3 Å². The number of nitrogens with zero attached hydrogens (tertiary/aromatic N) is 1. The molecule has 1 aromatic heterocycles. The van der Waals surface area contributed by atoms with Crippen LogP contribution in [0.4, 0.5) is 0 Å². The number of hydrogen-bond donors (Lipinski definition) is 0. The third-order valence-electron chi connectivity index (χ3n) is 3.89. The molecule has 3 rings (SSSR count). The first-order chi connectivity index (χ1) is 11.6. The molecule has 0 N–H and O–H groups in total. The van der Waals surface area contributed by atoms with Gasteiger partial charge in [0.15, 0.2) is 5.76 Å². The Morgan fingerprint density at radius 2 is 1.88 bits per heavy atom. The number of hydrogen-bond acceptors (Lipinski definition) is 3. The van der Waals surface area contributed by atoms with Gasteiger partial charge < -0.3 is 14.1 Å². The number of para-hydroxylation sites is 1. The molecule has 0 radical (unpaired) electrons. The summed E-state index contributed by atoms with van der Waals surface area (Å²) in [6, 6.07) is 14.8. The highest BCUT2D eigenvalue weighted by molar-refractivity contribution is 6.30. The molecule has 0 unspecified atom stereocenters. The molecule has 0 aliphatic heterocycles. The van der Waals surface area contributed by atoms with Gasteiger partial charge >= 0.3 is 0 Å². The molecule has 3 aromatic rings. The van der Waals surface area contributed by atoms with Crippen LogP contribution in [0.2, 0.25) is 5.02 Å². The van der Waals surface area contributed by atoms with E-state index in [1.165, 1.54) is 0 Å². The van der Waals surface area contributed by atoms with E-state index in [9.17, 15) is 4.79 Å². The molecule has 1 heterocycles. The fraction of sp³-hybridized carbons (Fsp3) is 0.211. The zero-order valence-corrected chi connectivity index (χ0v) is 14.3. The molecule has 0 bridgehead atoms. The van der Waals surface area contributed by atoms with E-state index >= 15 is 0 Å². The molecule has 0 aliphatic rings. The van der Waals surface area contributed by atoms with E-state index in [1.807, 2.05) is 31.2 Å². The van der Waals surface area contributed by atoms with Crippen molar-refractivity contribution < 1.29 is 13.9 Å². The first-order valence-electron chi connectivity index (χ1n) is 7.68. The highest BCUT2D eigenvalue weighted by Crippen LogP contribution is 2.25. The summed E-state index contributed by atoms with van der Waals surface area (Å²) in [5, 5.41) is 1.63. The minimum atomic E-state index is -0.150. The van der Waals surface area contributed by atoms with Gasteiger partial charge in [0.25, 0.3) is 5.91 Å². The molecule has 1 amide bonds. The Morgan fingerprint density at radius 3 is 2.58 bits per heavy atom. The normalized spacial score (nSPS) is 10.8. The fourth-order valence-corrected chi connectivity index (χ4v) is 2.61. The summed E-state index contributed by atoms with van der Waals surface area (Å²) in [5.41, 5.74) is 1.59. The van der Waals surface area contributed by atoms with Gasteiger partial charge in [-0.3, -0.25) is 4.79 Å². The second-order valence-corrected chi connectivity index (χ2v) is 6.02.